The van der Waals surface area contributed by atoms with Crippen molar-refractivity contribution in [1.82, 2.24) is 0 Å². The Labute approximate surface area is 88.9 Å². The van der Waals surface area contributed by atoms with Gasteiger partial charge >= 0.3 is 0 Å². The van der Waals surface area contributed by atoms with E-state index in [9.17, 15) is 0 Å². The molecule has 1 aliphatic heterocycles. The molecule has 0 spiro atoms. The summed E-state index contributed by atoms with van der Waals surface area (Å²) in [6.07, 6.45) is 1.96. The molecule has 0 radical (unpaired) electrons. The Hall–Kier alpha value is -1.34. The van der Waals surface area contributed by atoms with Crippen molar-refractivity contribution in [2.45, 2.75) is 6.54 Å². The van der Waals surface area contributed by atoms with Gasteiger partial charge in [0.05, 0.1) is 6.54 Å². The van der Waals surface area contributed by atoms with E-state index < -0.39 is 0 Å². The molecule has 1 nitrogen and oxygen atoms in total. The second kappa shape index (κ2) is 3.43. The maximum atomic E-state index is 4.28. The standard InChI is InChI=1S/C12H9N.ClH/c1-2-4-11-9(3-1)5-6-10-7-13-8-12(10)11;/h1-7H,8H2;1H. The van der Waals surface area contributed by atoms with E-state index in [-0.39, 0.29) is 12.4 Å². The Bertz CT molecular complexity index is 503. The highest BCUT2D eigenvalue weighted by Gasteiger charge is 2.08. The van der Waals surface area contributed by atoms with Crippen molar-refractivity contribution in [2.24, 2.45) is 4.99 Å². The van der Waals surface area contributed by atoms with Crippen LogP contribution in [0.15, 0.2) is 41.4 Å². The van der Waals surface area contributed by atoms with E-state index in [1.165, 1.54) is 21.9 Å². The minimum Gasteiger partial charge on any atom is -0.288 e. The van der Waals surface area contributed by atoms with Gasteiger partial charge in [-0.2, -0.15) is 0 Å². The first kappa shape index (κ1) is 9.22. The lowest BCUT2D eigenvalue weighted by Gasteiger charge is -2.02. The van der Waals surface area contributed by atoms with Gasteiger partial charge < -0.3 is 0 Å². The molecule has 1 heterocycles. The molecule has 0 aromatic heterocycles. The first-order chi connectivity index (χ1) is 6.45. The molecule has 1 aliphatic rings. The minimum atomic E-state index is 0. The molecule has 0 N–H and O–H groups in total. The number of nitrogens with zero attached hydrogens (tertiary/aromatic N) is 1. The van der Waals surface area contributed by atoms with E-state index in [0.717, 1.165) is 6.54 Å². The molecule has 14 heavy (non-hydrogen) atoms. The predicted molar refractivity (Wildman–Crippen MR) is 62.5 cm³/mol. The van der Waals surface area contributed by atoms with E-state index in [2.05, 4.69) is 41.4 Å². The van der Waals surface area contributed by atoms with Crippen LogP contribution in [0, 0.1) is 0 Å². The third kappa shape index (κ3) is 1.21. The summed E-state index contributed by atoms with van der Waals surface area (Å²) in [5, 5.41) is 2.66. The summed E-state index contributed by atoms with van der Waals surface area (Å²) in [6, 6.07) is 12.8. The van der Waals surface area contributed by atoms with Gasteiger partial charge in [0.2, 0.25) is 0 Å². The van der Waals surface area contributed by atoms with Crippen molar-refractivity contribution in [3.05, 3.63) is 47.5 Å². The molecule has 0 bridgehead atoms. The maximum Gasteiger partial charge on any atom is 0.0652 e. The molecule has 2 aromatic rings. The average molecular weight is 204 g/mol. The van der Waals surface area contributed by atoms with Crippen molar-refractivity contribution in [3.63, 3.8) is 0 Å². The maximum absolute atomic E-state index is 4.28. The zero-order chi connectivity index (χ0) is 8.67. The first-order valence-corrected chi connectivity index (χ1v) is 4.45. The molecule has 3 rings (SSSR count). The number of hydrogen-bond donors (Lipinski definition) is 0. The number of hydrogen-bond acceptors (Lipinski definition) is 1. The highest BCUT2D eigenvalue weighted by molar-refractivity contribution is 5.96. The van der Waals surface area contributed by atoms with Gasteiger partial charge in [-0.1, -0.05) is 36.4 Å². The molecule has 0 unspecified atom stereocenters. The SMILES string of the molecule is C1=NCc2c1ccc1ccccc21.Cl. The van der Waals surface area contributed by atoms with Crippen molar-refractivity contribution in [3.8, 4) is 0 Å². The van der Waals surface area contributed by atoms with Gasteiger partial charge in [0.25, 0.3) is 0 Å². The molecule has 0 atom stereocenters. The van der Waals surface area contributed by atoms with Gasteiger partial charge in [0, 0.05) is 6.21 Å². The quantitative estimate of drug-likeness (QED) is 0.624. The largest absolute Gasteiger partial charge is 0.288 e. The van der Waals surface area contributed by atoms with Crippen LogP contribution in [-0.2, 0) is 6.54 Å². The summed E-state index contributed by atoms with van der Waals surface area (Å²) < 4.78 is 0. The predicted octanol–water partition coefficient (Wildman–Crippen LogP) is 3.19. The van der Waals surface area contributed by atoms with Gasteiger partial charge in [0.15, 0.2) is 0 Å². The molecular formula is C12H10ClN. The summed E-state index contributed by atoms with van der Waals surface area (Å²) in [5.74, 6) is 0. The van der Waals surface area contributed by atoms with Crippen LogP contribution in [0.25, 0.3) is 10.8 Å². The van der Waals surface area contributed by atoms with E-state index >= 15 is 0 Å². The second-order valence-electron chi connectivity index (χ2n) is 3.32. The Balaban J connectivity index is 0.000000750. The number of benzene rings is 2. The van der Waals surface area contributed by atoms with Crippen molar-refractivity contribution >= 4 is 29.4 Å². The number of fused-ring (bicyclic) bond motifs is 3. The number of rotatable bonds is 0. The van der Waals surface area contributed by atoms with Crippen LogP contribution in [-0.4, -0.2) is 6.21 Å². The van der Waals surface area contributed by atoms with Crippen LogP contribution in [0.1, 0.15) is 11.1 Å². The van der Waals surface area contributed by atoms with Crippen molar-refractivity contribution in [1.29, 1.82) is 0 Å². The van der Waals surface area contributed by atoms with Crippen LogP contribution in [0.4, 0.5) is 0 Å². The highest BCUT2D eigenvalue weighted by Crippen LogP contribution is 2.24. The lowest BCUT2D eigenvalue weighted by molar-refractivity contribution is 1.13. The van der Waals surface area contributed by atoms with Crippen LogP contribution in [0.3, 0.4) is 0 Å². The molecule has 2 aromatic carbocycles. The Kier molecular flexibility index (Phi) is 2.26. The molecule has 0 aliphatic carbocycles. The van der Waals surface area contributed by atoms with Gasteiger partial charge in [-0.3, -0.25) is 4.99 Å². The van der Waals surface area contributed by atoms with E-state index in [0.29, 0.717) is 0 Å². The molecule has 0 fully saturated rings. The van der Waals surface area contributed by atoms with Crippen LogP contribution in [0.2, 0.25) is 0 Å². The summed E-state index contributed by atoms with van der Waals surface area (Å²) in [4.78, 5) is 4.28. The first-order valence-electron chi connectivity index (χ1n) is 4.45. The van der Waals surface area contributed by atoms with Crippen molar-refractivity contribution < 1.29 is 0 Å². The Morgan fingerprint density at radius 2 is 1.86 bits per heavy atom. The highest BCUT2D eigenvalue weighted by atomic mass is 35.5. The van der Waals surface area contributed by atoms with E-state index in [4.69, 9.17) is 0 Å². The summed E-state index contributed by atoms with van der Waals surface area (Å²) in [5.41, 5.74) is 2.65. The number of halogens is 1. The molecule has 2 heteroatoms. The van der Waals surface area contributed by atoms with Gasteiger partial charge in [0.1, 0.15) is 0 Å². The van der Waals surface area contributed by atoms with Gasteiger partial charge in [-0.05, 0) is 21.9 Å². The van der Waals surface area contributed by atoms with Crippen molar-refractivity contribution in [2.75, 3.05) is 0 Å². The summed E-state index contributed by atoms with van der Waals surface area (Å²) in [7, 11) is 0. The minimum absolute atomic E-state index is 0. The van der Waals surface area contributed by atoms with Gasteiger partial charge in [-0.15, -0.1) is 12.4 Å². The van der Waals surface area contributed by atoms with Crippen LogP contribution in [0.5, 0.6) is 0 Å². The Morgan fingerprint density at radius 1 is 1.00 bits per heavy atom. The second-order valence-corrected chi connectivity index (χ2v) is 3.32. The van der Waals surface area contributed by atoms with E-state index in [1.807, 2.05) is 6.21 Å². The van der Waals surface area contributed by atoms with Crippen LogP contribution >= 0.6 is 12.4 Å². The fourth-order valence-corrected chi connectivity index (χ4v) is 1.89. The average Bonchev–Trinajstić information content (AvgIpc) is 2.65. The zero-order valence-corrected chi connectivity index (χ0v) is 8.42. The summed E-state index contributed by atoms with van der Waals surface area (Å²) in [6.45, 7) is 0.844. The molecule has 0 saturated heterocycles. The normalized spacial score (nSPS) is 12.6. The van der Waals surface area contributed by atoms with Crippen LogP contribution < -0.4 is 0 Å². The fourth-order valence-electron chi connectivity index (χ4n) is 1.89. The molecule has 0 amide bonds. The topological polar surface area (TPSA) is 12.4 Å². The lowest BCUT2D eigenvalue weighted by Crippen LogP contribution is -1.85. The third-order valence-corrected chi connectivity index (χ3v) is 2.56. The summed E-state index contributed by atoms with van der Waals surface area (Å²) >= 11 is 0. The van der Waals surface area contributed by atoms with E-state index in [1.54, 1.807) is 0 Å². The molecule has 70 valence electrons. The smallest absolute Gasteiger partial charge is 0.0652 e. The number of aliphatic imine (C=N–C) groups is 1. The molecule has 0 saturated carbocycles. The Morgan fingerprint density at radius 3 is 2.79 bits per heavy atom. The third-order valence-electron chi connectivity index (χ3n) is 2.56. The fraction of sp³-hybridized carbons (Fsp3) is 0.0833. The molecular weight excluding hydrogens is 194 g/mol. The van der Waals surface area contributed by atoms with Gasteiger partial charge in [-0.25, -0.2) is 0 Å². The monoisotopic (exact) mass is 203 g/mol. The lowest BCUT2D eigenvalue weighted by atomic mass is 10.0. The zero-order valence-electron chi connectivity index (χ0n) is 7.60.